The Balaban J connectivity index is 1.85. The van der Waals surface area contributed by atoms with Crippen molar-refractivity contribution in [2.24, 2.45) is 10.9 Å². The highest BCUT2D eigenvalue weighted by atomic mass is 19.4. The van der Waals surface area contributed by atoms with E-state index < -0.39 is 17.6 Å². The molecule has 2 aromatic carbocycles. The molecule has 34 heavy (non-hydrogen) atoms. The Morgan fingerprint density at radius 3 is 2.56 bits per heavy atom. The Labute approximate surface area is 194 Å². The zero-order chi connectivity index (χ0) is 24.7. The van der Waals surface area contributed by atoms with Crippen LogP contribution in [0.4, 0.5) is 24.5 Å². The molecule has 0 saturated heterocycles. The minimum absolute atomic E-state index is 0.0215. The number of hydrogen-bond acceptors (Lipinski definition) is 4. The predicted molar refractivity (Wildman–Crippen MR) is 121 cm³/mol. The fraction of sp³-hybridized carbons (Fsp3) is 0.250. The van der Waals surface area contributed by atoms with E-state index in [0.717, 1.165) is 18.6 Å². The molecule has 10 heteroatoms. The lowest BCUT2D eigenvalue weighted by Gasteiger charge is -2.16. The fourth-order valence-corrected chi connectivity index (χ4v) is 3.03. The average Bonchev–Trinajstić information content (AvgIpc) is 2.79. The van der Waals surface area contributed by atoms with Crippen molar-refractivity contribution in [2.75, 3.05) is 11.9 Å². The van der Waals surface area contributed by atoms with Crippen LogP contribution in [0.3, 0.4) is 0 Å². The van der Waals surface area contributed by atoms with Crippen LogP contribution in [-0.2, 0) is 6.18 Å². The Hall–Kier alpha value is -3.95. The maximum Gasteiger partial charge on any atom is 0.418 e. The van der Waals surface area contributed by atoms with E-state index in [1.807, 2.05) is 13.8 Å². The summed E-state index contributed by atoms with van der Waals surface area (Å²) in [4.78, 5) is 34.9. The number of benzene rings is 2. The summed E-state index contributed by atoms with van der Waals surface area (Å²) in [6, 6.07) is 10.9. The number of hydrogen-bond donors (Lipinski definition) is 3. The van der Waals surface area contributed by atoms with Crippen molar-refractivity contribution in [3.63, 3.8) is 0 Å². The predicted octanol–water partition coefficient (Wildman–Crippen LogP) is 4.69. The zero-order valence-corrected chi connectivity index (χ0v) is 18.6. The van der Waals surface area contributed by atoms with Crippen molar-refractivity contribution in [2.45, 2.75) is 26.4 Å². The van der Waals surface area contributed by atoms with Crippen molar-refractivity contribution in [3.8, 4) is 0 Å². The number of carbonyl (C=O) groups is 2. The van der Waals surface area contributed by atoms with Crippen molar-refractivity contribution in [1.29, 1.82) is 0 Å². The van der Waals surface area contributed by atoms with E-state index >= 15 is 0 Å². The van der Waals surface area contributed by atoms with Crippen LogP contribution in [0.25, 0.3) is 0 Å². The SMILES string of the molecule is CC(C)CCNC(=O)c1cccc(Nc2ccc(C(=O)N=c3nccc[nH]3)cc2C(F)(F)F)c1. The van der Waals surface area contributed by atoms with Gasteiger partial charge in [-0.05, 0) is 54.8 Å². The molecule has 3 rings (SSSR count). The fourth-order valence-electron chi connectivity index (χ4n) is 3.03. The monoisotopic (exact) mass is 471 g/mol. The minimum Gasteiger partial charge on any atom is -0.355 e. The summed E-state index contributed by atoms with van der Waals surface area (Å²) in [6.45, 7) is 4.58. The Bertz CT molecular complexity index is 1220. The molecule has 7 nitrogen and oxygen atoms in total. The number of halogens is 3. The highest BCUT2D eigenvalue weighted by molar-refractivity contribution is 5.96. The summed E-state index contributed by atoms with van der Waals surface area (Å²) in [5.41, 5.74) is -0.938. The maximum atomic E-state index is 13.8. The lowest BCUT2D eigenvalue weighted by atomic mass is 10.1. The normalized spacial score (nSPS) is 12.0. The highest BCUT2D eigenvalue weighted by Crippen LogP contribution is 2.37. The highest BCUT2D eigenvalue weighted by Gasteiger charge is 2.34. The van der Waals surface area contributed by atoms with Crippen LogP contribution in [0.1, 0.15) is 46.5 Å². The number of carbonyl (C=O) groups excluding carboxylic acids is 2. The quantitative estimate of drug-likeness (QED) is 0.466. The largest absolute Gasteiger partial charge is 0.418 e. The second-order valence-corrected chi connectivity index (χ2v) is 7.92. The van der Waals surface area contributed by atoms with Crippen LogP contribution < -0.4 is 16.3 Å². The molecule has 0 bridgehead atoms. The number of H-pyrrole nitrogens is 1. The molecule has 0 atom stereocenters. The zero-order valence-electron chi connectivity index (χ0n) is 18.6. The van der Waals surface area contributed by atoms with E-state index in [1.165, 1.54) is 24.5 Å². The van der Waals surface area contributed by atoms with Gasteiger partial charge in [0.25, 0.3) is 11.8 Å². The summed E-state index contributed by atoms with van der Waals surface area (Å²) < 4.78 is 41.3. The summed E-state index contributed by atoms with van der Waals surface area (Å²) in [6.07, 6.45) is -1.03. The van der Waals surface area contributed by atoms with Crippen molar-refractivity contribution < 1.29 is 22.8 Å². The minimum atomic E-state index is -4.73. The first-order chi connectivity index (χ1) is 16.1. The second kappa shape index (κ2) is 10.8. The van der Waals surface area contributed by atoms with Crippen molar-refractivity contribution >= 4 is 23.2 Å². The molecule has 0 aliphatic heterocycles. The number of aromatic nitrogens is 2. The van der Waals surface area contributed by atoms with Crippen molar-refractivity contribution in [3.05, 3.63) is 83.2 Å². The van der Waals surface area contributed by atoms with Crippen LogP contribution in [0, 0.1) is 5.92 Å². The Morgan fingerprint density at radius 1 is 1.09 bits per heavy atom. The van der Waals surface area contributed by atoms with Crippen LogP contribution in [0.2, 0.25) is 0 Å². The average molecular weight is 471 g/mol. The third-order valence-corrected chi connectivity index (χ3v) is 4.78. The van der Waals surface area contributed by atoms with E-state index in [0.29, 0.717) is 23.7 Å². The van der Waals surface area contributed by atoms with Gasteiger partial charge < -0.3 is 15.6 Å². The summed E-state index contributed by atoms with van der Waals surface area (Å²) in [5.74, 6) is -0.750. The molecular weight excluding hydrogens is 447 g/mol. The molecule has 0 spiro atoms. The summed E-state index contributed by atoms with van der Waals surface area (Å²) in [5, 5.41) is 5.50. The molecule has 178 valence electrons. The Kier molecular flexibility index (Phi) is 7.83. The van der Waals surface area contributed by atoms with Gasteiger partial charge in [-0.1, -0.05) is 19.9 Å². The maximum absolute atomic E-state index is 13.8. The molecular formula is C24H24F3N5O2. The number of nitrogens with zero attached hydrogens (tertiary/aromatic N) is 2. The first-order valence-corrected chi connectivity index (χ1v) is 10.6. The lowest BCUT2D eigenvalue weighted by molar-refractivity contribution is -0.136. The third-order valence-electron chi connectivity index (χ3n) is 4.78. The second-order valence-electron chi connectivity index (χ2n) is 7.92. The number of anilines is 2. The summed E-state index contributed by atoms with van der Waals surface area (Å²) in [7, 11) is 0. The Morgan fingerprint density at radius 2 is 1.88 bits per heavy atom. The van der Waals surface area contributed by atoms with Crippen LogP contribution in [-0.4, -0.2) is 28.3 Å². The summed E-state index contributed by atoms with van der Waals surface area (Å²) >= 11 is 0. The smallest absolute Gasteiger partial charge is 0.355 e. The lowest BCUT2D eigenvalue weighted by Crippen LogP contribution is -2.25. The van der Waals surface area contributed by atoms with E-state index in [-0.39, 0.29) is 22.8 Å². The van der Waals surface area contributed by atoms with E-state index in [9.17, 15) is 22.8 Å². The van der Waals surface area contributed by atoms with Gasteiger partial charge in [0.05, 0.1) is 11.3 Å². The van der Waals surface area contributed by atoms with Crippen LogP contribution in [0.5, 0.6) is 0 Å². The molecule has 3 N–H and O–H groups in total. The van der Waals surface area contributed by atoms with Gasteiger partial charge in [-0.2, -0.15) is 18.2 Å². The van der Waals surface area contributed by atoms with Gasteiger partial charge in [0.2, 0.25) is 5.62 Å². The number of alkyl halides is 3. The molecule has 1 aromatic heterocycles. The first kappa shape index (κ1) is 24.7. The van der Waals surface area contributed by atoms with Crippen LogP contribution in [0.15, 0.2) is 65.9 Å². The van der Waals surface area contributed by atoms with E-state index in [4.69, 9.17) is 0 Å². The van der Waals surface area contributed by atoms with Gasteiger partial charge in [-0.25, -0.2) is 4.98 Å². The van der Waals surface area contributed by atoms with Crippen LogP contribution >= 0.6 is 0 Å². The first-order valence-electron chi connectivity index (χ1n) is 10.6. The third kappa shape index (κ3) is 6.77. The number of amides is 2. The van der Waals surface area contributed by atoms with Gasteiger partial charge in [0.1, 0.15) is 0 Å². The molecule has 2 amide bonds. The number of nitrogens with one attached hydrogen (secondary N) is 3. The molecule has 0 aliphatic rings. The van der Waals surface area contributed by atoms with E-state index in [2.05, 4.69) is 25.6 Å². The molecule has 3 aromatic rings. The molecule has 0 saturated carbocycles. The van der Waals surface area contributed by atoms with Gasteiger partial charge in [-0.3, -0.25) is 9.59 Å². The number of aromatic amines is 1. The molecule has 0 fully saturated rings. The topological polar surface area (TPSA) is 99.2 Å². The van der Waals surface area contributed by atoms with E-state index in [1.54, 1.807) is 24.3 Å². The van der Waals surface area contributed by atoms with Gasteiger partial charge in [0, 0.05) is 35.8 Å². The standard InChI is InChI=1S/C24H24F3N5O2/c1-15(2)9-12-28-21(33)16-5-3-6-18(13-16)31-20-8-7-17(14-19(20)24(25,26)27)22(34)32-23-29-10-4-11-30-23/h3-8,10-11,13-15,31H,9,12H2,1-2H3,(H,28,33)(H,29,30,32,34). The molecule has 0 radical (unpaired) electrons. The van der Waals surface area contributed by atoms with Gasteiger partial charge >= 0.3 is 6.18 Å². The van der Waals surface area contributed by atoms with Crippen molar-refractivity contribution in [1.82, 2.24) is 15.3 Å². The molecule has 0 aliphatic carbocycles. The molecule has 1 heterocycles. The number of rotatable bonds is 7. The van der Waals surface area contributed by atoms with Gasteiger partial charge in [-0.15, -0.1) is 0 Å². The van der Waals surface area contributed by atoms with Gasteiger partial charge in [0.15, 0.2) is 0 Å². The molecule has 0 unspecified atom stereocenters.